The quantitative estimate of drug-likeness (QED) is 0.472. The van der Waals surface area contributed by atoms with Gasteiger partial charge in [-0.05, 0) is 42.5 Å². The summed E-state index contributed by atoms with van der Waals surface area (Å²) in [7, 11) is -4.00. The van der Waals surface area contributed by atoms with Crippen LogP contribution < -0.4 is 4.72 Å². The Hall–Kier alpha value is -3.52. The standard InChI is InChI=1S/C21H16FNO5S/c22-17-9-11-18(12-10-17)23-29(26,27)19-8-4-7-16(13-19)21(25)28-14-20(24)15-5-2-1-3-6-15/h1-13,23H,14H2. The average Bonchev–Trinajstić information content (AvgIpc) is 2.74. The Morgan fingerprint density at radius 2 is 1.52 bits per heavy atom. The first-order valence-electron chi connectivity index (χ1n) is 8.49. The Labute approximate surface area is 167 Å². The molecule has 0 fully saturated rings. The van der Waals surface area contributed by atoms with Gasteiger partial charge in [-0.1, -0.05) is 36.4 Å². The van der Waals surface area contributed by atoms with Gasteiger partial charge in [-0.3, -0.25) is 9.52 Å². The van der Waals surface area contributed by atoms with E-state index in [1.54, 1.807) is 30.3 Å². The van der Waals surface area contributed by atoms with Gasteiger partial charge < -0.3 is 4.74 Å². The van der Waals surface area contributed by atoms with Gasteiger partial charge in [0.2, 0.25) is 0 Å². The molecule has 0 aliphatic rings. The number of rotatable bonds is 7. The summed E-state index contributed by atoms with van der Waals surface area (Å²) in [5.74, 6) is -1.70. The molecule has 148 valence electrons. The Balaban J connectivity index is 1.70. The van der Waals surface area contributed by atoms with Crippen molar-refractivity contribution in [3.05, 3.63) is 95.8 Å². The normalized spacial score (nSPS) is 10.9. The minimum atomic E-state index is -4.00. The number of hydrogen-bond acceptors (Lipinski definition) is 5. The second-order valence-corrected chi connectivity index (χ2v) is 7.69. The Bertz CT molecular complexity index is 1130. The summed E-state index contributed by atoms with van der Waals surface area (Å²) in [4.78, 5) is 24.1. The summed E-state index contributed by atoms with van der Waals surface area (Å²) in [6, 6.07) is 18.4. The van der Waals surface area contributed by atoms with Crippen LogP contribution in [0.2, 0.25) is 0 Å². The van der Waals surface area contributed by atoms with Crippen LogP contribution in [0.4, 0.5) is 10.1 Å². The van der Waals surface area contributed by atoms with Gasteiger partial charge in [-0.15, -0.1) is 0 Å². The highest BCUT2D eigenvalue weighted by Crippen LogP contribution is 2.18. The van der Waals surface area contributed by atoms with Crippen LogP contribution in [0, 0.1) is 5.82 Å². The first kappa shape index (κ1) is 20.2. The summed E-state index contributed by atoms with van der Waals surface area (Å²) in [5, 5.41) is 0. The van der Waals surface area contributed by atoms with Crippen molar-refractivity contribution < 1.29 is 27.1 Å². The zero-order valence-corrected chi connectivity index (χ0v) is 15.9. The molecule has 8 heteroatoms. The number of carbonyl (C=O) groups is 2. The van der Waals surface area contributed by atoms with Crippen LogP contribution in [0.15, 0.2) is 83.8 Å². The van der Waals surface area contributed by atoms with Gasteiger partial charge in [-0.25, -0.2) is 17.6 Å². The maximum absolute atomic E-state index is 13.0. The largest absolute Gasteiger partial charge is 0.454 e. The van der Waals surface area contributed by atoms with E-state index < -0.39 is 28.4 Å². The molecule has 3 rings (SSSR count). The van der Waals surface area contributed by atoms with Gasteiger partial charge in [0.1, 0.15) is 5.82 Å². The number of anilines is 1. The van der Waals surface area contributed by atoms with E-state index in [0.29, 0.717) is 5.56 Å². The molecule has 0 atom stereocenters. The van der Waals surface area contributed by atoms with Crippen LogP contribution in [-0.2, 0) is 14.8 Å². The molecule has 0 heterocycles. The summed E-state index contributed by atoms with van der Waals surface area (Å²) < 4.78 is 45.3. The van der Waals surface area contributed by atoms with Crippen LogP contribution in [-0.4, -0.2) is 26.8 Å². The molecule has 3 aromatic carbocycles. The maximum atomic E-state index is 13.0. The number of benzene rings is 3. The first-order valence-corrected chi connectivity index (χ1v) is 9.97. The fourth-order valence-electron chi connectivity index (χ4n) is 2.44. The van der Waals surface area contributed by atoms with Crippen molar-refractivity contribution in [1.82, 2.24) is 0 Å². The number of nitrogens with one attached hydrogen (secondary N) is 1. The molecule has 1 N–H and O–H groups in total. The Morgan fingerprint density at radius 1 is 0.862 bits per heavy atom. The molecule has 0 radical (unpaired) electrons. The van der Waals surface area contributed by atoms with E-state index in [-0.39, 0.29) is 21.9 Å². The predicted molar refractivity (Wildman–Crippen MR) is 105 cm³/mol. The molecule has 0 saturated carbocycles. The molecule has 0 aliphatic carbocycles. The lowest BCUT2D eigenvalue weighted by molar-refractivity contribution is 0.0474. The van der Waals surface area contributed by atoms with E-state index in [0.717, 1.165) is 18.2 Å². The van der Waals surface area contributed by atoms with E-state index in [2.05, 4.69) is 4.72 Å². The number of carbonyl (C=O) groups excluding carboxylic acids is 2. The highest BCUT2D eigenvalue weighted by molar-refractivity contribution is 7.92. The smallest absolute Gasteiger partial charge is 0.338 e. The third kappa shape index (κ3) is 5.26. The third-order valence-electron chi connectivity index (χ3n) is 3.91. The lowest BCUT2D eigenvalue weighted by Crippen LogP contribution is -2.16. The van der Waals surface area contributed by atoms with Crippen LogP contribution in [0.1, 0.15) is 20.7 Å². The summed E-state index contributed by atoms with van der Waals surface area (Å²) in [5.41, 5.74) is 0.556. The fraction of sp³-hybridized carbons (Fsp3) is 0.0476. The second kappa shape index (κ2) is 8.66. The van der Waals surface area contributed by atoms with E-state index >= 15 is 0 Å². The number of Topliss-reactive ketones (excluding diaryl/α,β-unsaturated/α-hetero) is 1. The maximum Gasteiger partial charge on any atom is 0.338 e. The second-order valence-electron chi connectivity index (χ2n) is 6.01. The molecule has 0 spiro atoms. The van der Waals surface area contributed by atoms with E-state index in [9.17, 15) is 22.4 Å². The van der Waals surface area contributed by atoms with Crippen molar-refractivity contribution in [2.24, 2.45) is 0 Å². The van der Waals surface area contributed by atoms with Gasteiger partial charge in [0, 0.05) is 11.3 Å². The number of halogens is 1. The van der Waals surface area contributed by atoms with Gasteiger partial charge in [0.25, 0.3) is 10.0 Å². The molecule has 29 heavy (non-hydrogen) atoms. The zero-order valence-electron chi connectivity index (χ0n) is 15.0. The number of ether oxygens (including phenoxy) is 1. The van der Waals surface area contributed by atoms with Crippen molar-refractivity contribution in [3.8, 4) is 0 Å². The van der Waals surface area contributed by atoms with Crippen molar-refractivity contribution in [2.75, 3.05) is 11.3 Å². The highest BCUT2D eigenvalue weighted by atomic mass is 32.2. The molecule has 3 aromatic rings. The molecule has 0 amide bonds. The van der Waals surface area contributed by atoms with Gasteiger partial charge >= 0.3 is 5.97 Å². The van der Waals surface area contributed by atoms with Crippen molar-refractivity contribution >= 4 is 27.5 Å². The van der Waals surface area contributed by atoms with Crippen molar-refractivity contribution in [3.63, 3.8) is 0 Å². The molecule has 0 aliphatic heterocycles. The first-order chi connectivity index (χ1) is 13.8. The third-order valence-corrected chi connectivity index (χ3v) is 5.29. The van der Waals surface area contributed by atoms with Crippen molar-refractivity contribution in [1.29, 1.82) is 0 Å². The van der Waals surface area contributed by atoms with Gasteiger partial charge in [0.15, 0.2) is 12.4 Å². The lowest BCUT2D eigenvalue weighted by Gasteiger charge is -2.09. The van der Waals surface area contributed by atoms with Crippen LogP contribution in [0.25, 0.3) is 0 Å². The van der Waals surface area contributed by atoms with Gasteiger partial charge in [0.05, 0.1) is 10.5 Å². The summed E-state index contributed by atoms with van der Waals surface area (Å²) in [6.07, 6.45) is 0. The number of sulfonamides is 1. The average molecular weight is 413 g/mol. The molecule has 0 bridgehead atoms. The molecular formula is C21H16FNO5S. The number of esters is 1. The monoisotopic (exact) mass is 413 g/mol. The highest BCUT2D eigenvalue weighted by Gasteiger charge is 2.18. The van der Waals surface area contributed by atoms with E-state index in [4.69, 9.17) is 4.74 Å². The topological polar surface area (TPSA) is 89.5 Å². The molecule has 6 nitrogen and oxygen atoms in total. The summed E-state index contributed by atoms with van der Waals surface area (Å²) in [6.45, 7) is -0.465. The Kier molecular flexibility index (Phi) is 6.04. The lowest BCUT2D eigenvalue weighted by atomic mass is 10.1. The predicted octanol–water partition coefficient (Wildman–Crippen LogP) is 3.67. The number of ketones is 1. The SMILES string of the molecule is O=C(COC(=O)c1cccc(S(=O)(=O)Nc2ccc(F)cc2)c1)c1ccccc1. The molecule has 0 saturated heterocycles. The van der Waals surface area contributed by atoms with Gasteiger partial charge in [-0.2, -0.15) is 0 Å². The zero-order chi connectivity index (χ0) is 20.9. The summed E-state index contributed by atoms with van der Waals surface area (Å²) >= 11 is 0. The molecule has 0 aromatic heterocycles. The van der Waals surface area contributed by atoms with E-state index in [1.807, 2.05) is 0 Å². The fourth-order valence-corrected chi connectivity index (χ4v) is 3.55. The van der Waals surface area contributed by atoms with E-state index in [1.165, 1.54) is 30.3 Å². The number of hydrogen-bond donors (Lipinski definition) is 1. The van der Waals surface area contributed by atoms with Crippen LogP contribution >= 0.6 is 0 Å². The molecular weight excluding hydrogens is 397 g/mol. The minimum absolute atomic E-state index is 0.0205. The van der Waals surface area contributed by atoms with Crippen LogP contribution in [0.3, 0.4) is 0 Å². The van der Waals surface area contributed by atoms with Crippen LogP contribution in [0.5, 0.6) is 0 Å². The Morgan fingerprint density at radius 3 is 2.21 bits per heavy atom. The molecule has 0 unspecified atom stereocenters. The van der Waals surface area contributed by atoms with Crippen molar-refractivity contribution in [2.45, 2.75) is 4.90 Å². The minimum Gasteiger partial charge on any atom is -0.454 e.